The monoisotopic (exact) mass is 242 g/mol. The lowest BCUT2D eigenvalue weighted by molar-refractivity contribution is -0.0625. The topological polar surface area (TPSA) is 93.5 Å². The van der Waals surface area contributed by atoms with Crippen LogP contribution < -0.4 is 11.2 Å². The van der Waals surface area contributed by atoms with E-state index in [0.29, 0.717) is 6.42 Å². The van der Waals surface area contributed by atoms with Crippen LogP contribution in [0.1, 0.15) is 12.6 Å². The average Bonchev–Trinajstić information content (AvgIpc) is 2.72. The van der Waals surface area contributed by atoms with Gasteiger partial charge >= 0.3 is 5.69 Å². The van der Waals surface area contributed by atoms with E-state index in [1.807, 2.05) is 0 Å². The Labute approximate surface area is 96.6 Å². The molecule has 0 spiro atoms. The summed E-state index contributed by atoms with van der Waals surface area (Å²) in [4.78, 5) is 24.7. The van der Waals surface area contributed by atoms with Crippen molar-refractivity contribution in [2.24, 2.45) is 0 Å². The molecule has 1 aromatic heterocycles. The van der Waals surface area contributed by atoms with Crippen molar-refractivity contribution in [2.45, 2.75) is 24.9 Å². The zero-order valence-corrected chi connectivity index (χ0v) is 9.33. The number of hydrogen-bond donors (Lipinski definition) is 2. The minimum atomic E-state index is -0.624. The zero-order chi connectivity index (χ0) is 12.4. The summed E-state index contributed by atoms with van der Waals surface area (Å²) >= 11 is 0. The minimum absolute atomic E-state index is 0.130. The summed E-state index contributed by atoms with van der Waals surface area (Å²) < 4.78 is 11.9. The molecule has 7 heteroatoms. The maximum atomic E-state index is 11.6. The number of rotatable bonds is 3. The number of aliphatic hydroxyl groups excluding tert-OH is 1. The molecule has 1 aliphatic rings. The molecule has 0 amide bonds. The van der Waals surface area contributed by atoms with Gasteiger partial charge in [0.05, 0.1) is 12.7 Å². The Kier molecular flexibility index (Phi) is 3.41. The molecule has 7 nitrogen and oxygen atoms in total. The lowest BCUT2D eigenvalue weighted by atomic mass is 10.2. The number of methoxy groups -OCH3 is 1. The number of nitrogens with one attached hydrogen (secondary N) is 1. The lowest BCUT2D eigenvalue weighted by Gasteiger charge is -2.18. The summed E-state index contributed by atoms with van der Waals surface area (Å²) in [5.41, 5.74) is -1.01. The molecular formula is C10H14N2O5. The first-order chi connectivity index (χ1) is 8.15. The highest BCUT2D eigenvalue weighted by Gasteiger charge is 2.36. The van der Waals surface area contributed by atoms with E-state index in [9.17, 15) is 9.59 Å². The molecule has 2 heterocycles. The molecule has 1 aliphatic heterocycles. The van der Waals surface area contributed by atoms with E-state index in [-0.39, 0.29) is 18.8 Å². The molecule has 0 aromatic carbocycles. The maximum Gasteiger partial charge on any atom is 0.330 e. The van der Waals surface area contributed by atoms with Gasteiger partial charge in [0.2, 0.25) is 0 Å². The summed E-state index contributed by atoms with van der Waals surface area (Å²) in [5.74, 6) is 0. The van der Waals surface area contributed by atoms with Crippen molar-refractivity contribution in [3.05, 3.63) is 33.1 Å². The lowest BCUT2D eigenvalue weighted by Crippen LogP contribution is -2.35. The third kappa shape index (κ3) is 2.31. The van der Waals surface area contributed by atoms with E-state index >= 15 is 0 Å². The van der Waals surface area contributed by atoms with Crippen molar-refractivity contribution in [1.29, 1.82) is 0 Å². The average molecular weight is 242 g/mol. The summed E-state index contributed by atoms with van der Waals surface area (Å²) in [6.45, 7) is -0.130. The summed E-state index contributed by atoms with van der Waals surface area (Å²) in [7, 11) is 1.51. The Bertz CT molecular complexity index is 494. The fraction of sp³-hybridized carbons (Fsp3) is 0.600. The standard InChI is InChI=1S/C10H14N2O5/c1-16-7-4-6(5-13)17-9(7)12-3-2-8(14)11-10(12)15/h2-3,6-7,9,13H,4-5H2,1H3,(H,11,14,15)/t6-,7+,9+/m0/s1. The number of H-pyrrole nitrogens is 1. The molecule has 1 aromatic rings. The Morgan fingerprint density at radius 1 is 1.65 bits per heavy atom. The first-order valence-electron chi connectivity index (χ1n) is 5.26. The molecular weight excluding hydrogens is 228 g/mol. The van der Waals surface area contributed by atoms with Crippen LogP contribution in [0.5, 0.6) is 0 Å². The number of ether oxygens (including phenoxy) is 2. The van der Waals surface area contributed by atoms with Gasteiger partial charge in [-0.15, -0.1) is 0 Å². The van der Waals surface area contributed by atoms with Gasteiger partial charge in [-0.2, -0.15) is 0 Å². The molecule has 2 N–H and O–H groups in total. The Balaban J connectivity index is 2.32. The van der Waals surface area contributed by atoms with Crippen molar-refractivity contribution in [1.82, 2.24) is 9.55 Å². The highest BCUT2D eigenvalue weighted by Crippen LogP contribution is 2.29. The van der Waals surface area contributed by atoms with Crippen LogP contribution in [0.2, 0.25) is 0 Å². The Morgan fingerprint density at radius 2 is 2.41 bits per heavy atom. The largest absolute Gasteiger partial charge is 0.394 e. The summed E-state index contributed by atoms with van der Waals surface area (Å²) in [5, 5.41) is 9.03. The second kappa shape index (κ2) is 4.82. The van der Waals surface area contributed by atoms with E-state index in [0.717, 1.165) is 0 Å². The van der Waals surface area contributed by atoms with Gasteiger partial charge in [0.1, 0.15) is 6.10 Å². The van der Waals surface area contributed by atoms with Crippen LogP contribution in [0.25, 0.3) is 0 Å². The van der Waals surface area contributed by atoms with E-state index in [4.69, 9.17) is 14.6 Å². The van der Waals surface area contributed by atoms with E-state index in [1.165, 1.54) is 23.9 Å². The normalized spacial score (nSPS) is 28.5. The summed E-state index contributed by atoms with van der Waals surface area (Å²) in [6.07, 6.45) is 0.557. The molecule has 0 unspecified atom stereocenters. The molecule has 1 fully saturated rings. The van der Waals surface area contributed by atoms with Gasteiger partial charge in [-0.05, 0) is 0 Å². The molecule has 3 atom stereocenters. The number of nitrogens with zero attached hydrogens (tertiary/aromatic N) is 1. The zero-order valence-electron chi connectivity index (χ0n) is 9.33. The third-order valence-electron chi connectivity index (χ3n) is 2.78. The number of hydrogen-bond acceptors (Lipinski definition) is 5. The first kappa shape index (κ1) is 12.0. The SMILES string of the molecule is CO[C@@H]1C[C@@H](CO)O[C@H]1n1ccc(=O)[nH]c1=O. The fourth-order valence-electron chi connectivity index (χ4n) is 1.92. The van der Waals surface area contributed by atoms with Crippen LogP contribution in [0.3, 0.4) is 0 Å². The summed E-state index contributed by atoms with van der Waals surface area (Å²) in [6, 6.07) is 1.24. The van der Waals surface area contributed by atoms with Crippen molar-refractivity contribution in [3.63, 3.8) is 0 Å². The second-order valence-electron chi connectivity index (χ2n) is 3.86. The van der Waals surface area contributed by atoms with Crippen LogP contribution in [-0.4, -0.2) is 40.6 Å². The number of aromatic nitrogens is 2. The van der Waals surface area contributed by atoms with Gasteiger partial charge in [-0.25, -0.2) is 4.79 Å². The van der Waals surface area contributed by atoms with Gasteiger partial charge in [-0.3, -0.25) is 14.3 Å². The molecule has 0 saturated carbocycles. The van der Waals surface area contributed by atoms with Gasteiger partial charge in [0, 0.05) is 25.8 Å². The van der Waals surface area contributed by atoms with E-state index in [2.05, 4.69) is 4.98 Å². The van der Waals surface area contributed by atoms with Crippen LogP contribution >= 0.6 is 0 Å². The highest BCUT2D eigenvalue weighted by atomic mass is 16.6. The molecule has 0 radical (unpaired) electrons. The van der Waals surface area contributed by atoms with Crippen molar-refractivity contribution < 1.29 is 14.6 Å². The third-order valence-corrected chi connectivity index (χ3v) is 2.78. The van der Waals surface area contributed by atoms with Crippen LogP contribution in [0, 0.1) is 0 Å². The highest BCUT2D eigenvalue weighted by molar-refractivity contribution is 4.89. The predicted molar refractivity (Wildman–Crippen MR) is 57.7 cm³/mol. The number of aliphatic hydroxyl groups is 1. The Hall–Kier alpha value is -1.44. The molecule has 0 aliphatic carbocycles. The second-order valence-corrected chi connectivity index (χ2v) is 3.86. The van der Waals surface area contributed by atoms with Crippen LogP contribution in [-0.2, 0) is 9.47 Å². The van der Waals surface area contributed by atoms with Crippen LogP contribution in [0.15, 0.2) is 21.9 Å². The minimum Gasteiger partial charge on any atom is -0.394 e. The van der Waals surface area contributed by atoms with E-state index in [1.54, 1.807) is 0 Å². The quantitative estimate of drug-likeness (QED) is 0.696. The Morgan fingerprint density at radius 3 is 3.00 bits per heavy atom. The maximum absolute atomic E-state index is 11.6. The van der Waals surface area contributed by atoms with Crippen LogP contribution in [0.4, 0.5) is 0 Å². The van der Waals surface area contributed by atoms with Gasteiger partial charge in [0.25, 0.3) is 5.56 Å². The molecule has 1 saturated heterocycles. The molecule has 94 valence electrons. The first-order valence-corrected chi connectivity index (χ1v) is 5.26. The van der Waals surface area contributed by atoms with Crippen molar-refractivity contribution in [3.8, 4) is 0 Å². The predicted octanol–water partition coefficient (Wildman–Crippen LogP) is -1.17. The van der Waals surface area contributed by atoms with Crippen molar-refractivity contribution >= 4 is 0 Å². The van der Waals surface area contributed by atoms with Gasteiger partial charge in [0.15, 0.2) is 6.23 Å². The van der Waals surface area contributed by atoms with Gasteiger partial charge in [-0.1, -0.05) is 0 Å². The molecule has 2 rings (SSSR count). The molecule has 17 heavy (non-hydrogen) atoms. The van der Waals surface area contributed by atoms with Gasteiger partial charge < -0.3 is 14.6 Å². The smallest absolute Gasteiger partial charge is 0.330 e. The van der Waals surface area contributed by atoms with E-state index < -0.39 is 17.5 Å². The number of aromatic amines is 1. The fourth-order valence-corrected chi connectivity index (χ4v) is 1.92. The van der Waals surface area contributed by atoms with Crippen molar-refractivity contribution in [2.75, 3.05) is 13.7 Å². The molecule has 0 bridgehead atoms.